The molecule has 1 unspecified atom stereocenters. The van der Waals surface area contributed by atoms with Gasteiger partial charge in [-0.05, 0) is 73.9 Å². The van der Waals surface area contributed by atoms with E-state index >= 15 is 0 Å². The number of hydrogen-bond acceptors (Lipinski definition) is 3. The van der Waals surface area contributed by atoms with Gasteiger partial charge in [0.15, 0.2) is 0 Å². The Morgan fingerprint density at radius 2 is 1.73 bits per heavy atom. The lowest BCUT2D eigenvalue weighted by Crippen LogP contribution is -2.50. The van der Waals surface area contributed by atoms with E-state index in [1.807, 2.05) is 36.4 Å². The first kappa shape index (κ1) is 21.2. The number of rotatable bonds is 5. The largest absolute Gasteiger partial charge is 0.496 e. The fraction of sp³-hybridized carbons (Fsp3) is 0.500. The minimum absolute atomic E-state index is 0.159. The van der Waals surface area contributed by atoms with Crippen LogP contribution in [0.15, 0.2) is 42.5 Å². The summed E-state index contributed by atoms with van der Waals surface area (Å²) in [7, 11) is 1.45. The highest BCUT2D eigenvalue weighted by Crippen LogP contribution is 2.41. The zero-order chi connectivity index (χ0) is 21.1. The summed E-state index contributed by atoms with van der Waals surface area (Å²) in [4.78, 5) is 0. The second-order valence-corrected chi connectivity index (χ2v) is 8.30. The van der Waals surface area contributed by atoms with Crippen molar-refractivity contribution in [3.8, 4) is 5.75 Å². The molecule has 1 aliphatic heterocycles. The molecule has 4 rings (SSSR count). The van der Waals surface area contributed by atoms with E-state index in [0.717, 1.165) is 55.3 Å². The minimum Gasteiger partial charge on any atom is -0.496 e. The molecule has 0 spiro atoms. The number of nitrogens with one attached hydrogen (secondary N) is 2. The fourth-order valence-electron chi connectivity index (χ4n) is 4.84. The number of piperidine rings is 1. The molecule has 2 N–H and O–H groups in total. The SMILES string of the molecule is COc1cc2c(cc1C(N[C@H]1CCCN[C@H]1c1ccccc1)C(F)(F)F)CCCC2. The first-order chi connectivity index (χ1) is 14.5. The maximum absolute atomic E-state index is 14.3. The number of ether oxygens (including phenoxy) is 1. The Hall–Kier alpha value is -2.05. The molecule has 2 aromatic carbocycles. The molecule has 1 aliphatic carbocycles. The number of hydrogen-bond donors (Lipinski definition) is 2. The second-order valence-electron chi connectivity index (χ2n) is 8.30. The van der Waals surface area contributed by atoms with E-state index < -0.39 is 12.2 Å². The first-order valence-corrected chi connectivity index (χ1v) is 10.8. The van der Waals surface area contributed by atoms with Crippen LogP contribution in [0.3, 0.4) is 0 Å². The molecule has 6 heteroatoms. The van der Waals surface area contributed by atoms with Crippen LogP contribution in [0.2, 0.25) is 0 Å². The van der Waals surface area contributed by atoms with Crippen molar-refractivity contribution in [2.24, 2.45) is 0 Å². The van der Waals surface area contributed by atoms with Crippen LogP contribution in [0.25, 0.3) is 0 Å². The third-order valence-corrected chi connectivity index (χ3v) is 6.33. The highest BCUT2D eigenvalue weighted by Gasteiger charge is 2.45. The predicted molar refractivity (Wildman–Crippen MR) is 112 cm³/mol. The van der Waals surface area contributed by atoms with Gasteiger partial charge in [0, 0.05) is 17.6 Å². The first-order valence-electron chi connectivity index (χ1n) is 10.8. The third-order valence-electron chi connectivity index (χ3n) is 6.33. The van der Waals surface area contributed by atoms with Crippen molar-refractivity contribution < 1.29 is 17.9 Å². The number of methoxy groups -OCH3 is 1. The van der Waals surface area contributed by atoms with Crippen LogP contribution in [0, 0.1) is 0 Å². The molecule has 3 nitrogen and oxygen atoms in total. The summed E-state index contributed by atoms with van der Waals surface area (Å²) in [6.07, 6.45) is 0.926. The Morgan fingerprint density at radius 1 is 1.03 bits per heavy atom. The van der Waals surface area contributed by atoms with Gasteiger partial charge in [-0.15, -0.1) is 0 Å². The van der Waals surface area contributed by atoms with E-state index in [2.05, 4.69) is 10.6 Å². The standard InChI is InChI=1S/C24H29F3N2O/c1-30-21-15-18-11-6-5-10-17(18)14-19(21)23(24(25,26)27)29-20-12-7-13-28-22(20)16-8-3-2-4-9-16/h2-4,8-9,14-15,20,22-23,28-29H,5-7,10-13H2,1H3/t20-,22-,23?/m0/s1. The molecule has 2 aromatic rings. The monoisotopic (exact) mass is 418 g/mol. The van der Waals surface area contributed by atoms with Gasteiger partial charge in [-0.25, -0.2) is 0 Å². The predicted octanol–water partition coefficient (Wildman–Crippen LogP) is 5.26. The molecule has 0 amide bonds. The smallest absolute Gasteiger partial charge is 0.408 e. The summed E-state index contributed by atoms with van der Waals surface area (Å²) in [5.74, 6) is 0.325. The molecule has 0 bridgehead atoms. The summed E-state index contributed by atoms with van der Waals surface area (Å²) >= 11 is 0. The van der Waals surface area contributed by atoms with E-state index in [0.29, 0.717) is 12.2 Å². The minimum atomic E-state index is -4.42. The zero-order valence-electron chi connectivity index (χ0n) is 17.3. The summed E-state index contributed by atoms with van der Waals surface area (Å²) in [6, 6.07) is 11.0. The van der Waals surface area contributed by atoms with Crippen LogP contribution in [-0.2, 0) is 12.8 Å². The number of aryl methyl sites for hydroxylation is 2. The van der Waals surface area contributed by atoms with Gasteiger partial charge in [0.25, 0.3) is 0 Å². The molecule has 30 heavy (non-hydrogen) atoms. The Morgan fingerprint density at radius 3 is 2.40 bits per heavy atom. The topological polar surface area (TPSA) is 33.3 Å². The number of fused-ring (bicyclic) bond motifs is 1. The number of halogens is 3. The Balaban J connectivity index is 1.68. The lowest BCUT2D eigenvalue weighted by Gasteiger charge is -2.37. The molecule has 162 valence electrons. The van der Waals surface area contributed by atoms with Crippen LogP contribution in [0.1, 0.15) is 60.0 Å². The maximum atomic E-state index is 14.3. The molecule has 1 heterocycles. The lowest BCUT2D eigenvalue weighted by molar-refractivity contribution is -0.161. The van der Waals surface area contributed by atoms with Crippen LogP contribution >= 0.6 is 0 Å². The second kappa shape index (κ2) is 8.98. The van der Waals surface area contributed by atoms with E-state index in [9.17, 15) is 13.2 Å². The highest BCUT2D eigenvalue weighted by molar-refractivity contribution is 5.46. The van der Waals surface area contributed by atoms with E-state index in [1.165, 1.54) is 7.11 Å². The average Bonchev–Trinajstić information content (AvgIpc) is 2.76. The van der Waals surface area contributed by atoms with Gasteiger partial charge < -0.3 is 10.1 Å². The van der Waals surface area contributed by atoms with Crippen LogP contribution in [-0.4, -0.2) is 25.9 Å². The Bertz CT molecular complexity index is 854. The van der Waals surface area contributed by atoms with Gasteiger partial charge in [-0.2, -0.15) is 13.2 Å². The van der Waals surface area contributed by atoms with Crippen LogP contribution < -0.4 is 15.4 Å². The molecule has 3 atom stereocenters. The molecule has 0 radical (unpaired) electrons. The van der Waals surface area contributed by atoms with Crippen molar-refractivity contribution in [2.45, 2.75) is 62.8 Å². The van der Waals surface area contributed by atoms with Crippen LogP contribution in [0.4, 0.5) is 13.2 Å². The normalized spacial score (nSPS) is 22.9. The Labute approximate surface area is 176 Å². The van der Waals surface area contributed by atoms with Gasteiger partial charge in [0.1, 0.15) is 11.8 Å². The zero-order valence-corrected chi connectivity index (χ0v) is 17.3. The number of alkyl halides is 3. The fourth-order valence-corrected chi connectivity index (χ4v) is 4.84. The molecule has 0 saturated carbocycles. The number of benzene rings is 2. The van der Waals surface area contributed by atoms with Gasteiger partial charge >= 0.3 is 6.18 Å². The molecular formula is C24H29F3N2O. The summed E-state index contributed by atoms with van der Waals surface area (Å²) < 4.78 is 48.3. The molecule has 1 saturated heterocycles. The summed E-state index contributed by atoms with van der Waals surface area (Å²) in [5.41, 5.74) is 3.34. The molecule has 0 aromatic heterocycles. The van der Waals surface area contributed by atoms with Gasteiger partial charge in [0.2, 0.25) is 0 Å². The molecular weight excluding hydrogens is 389 g/mol. The molecule has 1 fully saturated rings. The quantitative estimate of drug-likeness (QED) is 0.695. The summed E-state index contributed by atoms with van der Waals surface area (Å²) in [5, 5.41) is 6.39. The Kier molecular flexibility index (Phi) is 6.34. The van der Waals surface area contributed by atoms with E-state index in [1.54, 1.807) is 6.07 Å². The lowest BCUT2D eigenvalue weighted by atomic mass is 9.87. The van der Waals surface area contributed by atoms with Crippen molar-refractivity contribution in [3.63, 3.8) is 0 Å². The highest BCUT2D eigenvalue weighted by atomic mass is 19.4. The third kappa shape index (κ3) is 4.49. The molecule has 2 aliphatic rings. The average molecular weight is 419 g/mol. The van der Waals surface area contributed by atoms with Crippen molar-refractivity contribution >= 4 is 0 Å². The van der Waals surface area contributed by atoms with E-state index in [4.69, 9.17) is 4.74 Å². The summed E-state index contributed by atoms with van der Waals surface area (Å²) in [6.45, 7) is 0.802. The van der Waals surface area contributed by atoms with Crippen molar-refractivity contribution in [1.29, 1.82) is 0 Å². The van der Waals surface area contributed by atoms with Crippen molar-refractivity contribution in [1.82, 2.24) is 10.6 Å². The maximum Gasteiger partial charge on any atom is 0.408 e. The van der Waals surface area contributed by atoms with Gasteiger partial charge in [-0.3, -0.25) is 5.32 Å². The van der Waals surface area contributed by atoms with Gasteiger partial charge in [0.05, 0.1) is 7.11 Å². The van der Waals surface area contributed by atoms with Crippen molar-refractivity contribution in [2.75, 3.05) is 13.7 Å². The van der Waals surface area contributed by atoms with Crippen molar-refractivity contribution in [3.05, 3.63) is 64.7 Å². The van der Waals surface area contributed by atoms with Crippen LogP contribution in [0.5, 0.6) is 5.75 Å². The van der Waals surface area contributed by atoms with Gasteiger partial charge in [-0.1, -0.05) is 30.3 Å². The van der Waals surface area contributed by atoms with E-state index in [-0.39, 0.29) is 17.6 Å².